The van der Waals surface area contributed by atoms with Gasteiger partial charge < -0.3 is 40.5 Å². The number of rotatable bonds is 7. The van der Waals surface area contributed by atoms with Crippen molar-refractivity contribution in [3.05, 3.63) is 52.7 Å². The summed E-state index contributed by atoms with van der Waals surface area (Å²) in [6.07, 6.45) is -5.95. The third-order valence-corrected chi connectivity index (χ3v) is 10.0. The van der Waals surface area contributed by atoms with Crippen molar-refractivity contribution in [2.45, 2.75) is 42.7 Å². The Morgan fingerprint density at radius 2 is 1.71 bits per heavy atom. The van der Waals surface area contributed by atoms with Gasteiger partial charge in [-0.2, -0.15) is 18.3 Å². The summed E-state index contributed by atoms with van der Waals surface area (Å²) in [5.74, 6) is -4.81. The fourth-order valence-electron chi connectivity index (χ4n) is 6.74. The predicted molar refractivity (Wildman–Crippen MR) is 165 cm³/mol. The average Bonchev–Trinajstić information content (AvgIpc) is 3.50. The maximum atomic E-state index is 13.8. The second kappa shape index (κ2) is 12.1. The Morgan fingerprint density at radius 3 is 2.29 bits per heavy atom. The van der Waals surface area contributed by atoms with E-state index in [0.717, 1.165) is 21.9 Å². The minimum Gasteiger partial charge on any atom is -0.465 e. The third kappa shape index (κ3) is 6.41. The molecule has 2 aromatic heterocycles. The van der Waals surface area contributed by atoms with Gasteiger partial charge in [-0.05, 0) is 18.2 Å². The Balaban J connectivity index is 0.944. The number of carbonyl (C=O) groups is 4. The van der Waals surface area contributed by atoms with Gasteiger partial charge in [0.05, 0.1) is 46.7 Å². The summed E-state index contributed by atoms with van der Waals surface area (Å²) < 4.78 is 70.1. The average molecular weight is 742 g/mol. The molecule has 272 valence electrons. The molecule has 0 unspecified atom stereocenters. The number of benzene rings is 1. The van der Waals surface area contributed by atoms with Crippen LogP contribution >= 0.6 is 11.6 Å². The fourth-order valence-corrected chi connectivity index (χ4v) is 7.01. The standard InChI is InChI=1S/C30H29ClF5N9O6/c1-42-19(16-9-45(21-5-29(21,32)33)41-23(16)30(34,35)36)6-37-24(42)26(48)38-12-2-3-13(17(31)4-12)25(47)40-22-14-7-43(8-15(14)22)27(49)39-18-10-44(28(50)51)11-20(18)46/h2-4,6,9,14-15,18,20-22,46H,5,7-8,10-11H2,1H3,(H,38,48)(H,39,49)(H,40,47)(H,50,51)/t14-,15+,18-,20-,21-,22+/m1/s1. The molecule has 1 aromatic carbocycles. The van der Waals surface area contributed by atoms with Crippen molar-refractivity contribution < 1.29 is 51.3 Å². The highest BCUT2D eigenvalue weighted by Crippen LogP contribution is 2.53. The lowest BCUT2D eigenvalue weighted by Gasteiger charge is -2.24. The van der Waals surface area contributed by atoms with Gasteiger partial charge in [0.15, 0.2) is 11.5 Å². The molecule has 5 N–H and O–H groups in total. The number of halogens is 6. The number of likely N-dealkylation sites (tertiary alicyclic amines) is 2. The largest absolute Gasteiger partial charge is 0.465 e. The monoisotopic (exact) mass is 741 g/mol. The molecule has 4 fully saturated rings. The van der Waals surface area contributed by atoms with Crippen molar-refractivity contribution in [1.82, 2.24) is 39.8 Å². The number of amides is 5. The summed E-state index contributed by atoms with van der Waals surface area (Å²) in [5.41, 5.74) is -1.85. The highest BCUT2D eigenvalue weighted by Gasteiger charge is 2.60. The highest BCUT2D eigenvalue weighted by molar-refractivity contribution is 6.34. The van der Waals surface area contributed by atoms with E-state index >= 15 is 0 Å². The molecule has 0 spiro atoms. The number of aliphatic hydroxyl groups is 1. The number of nitrogens with zero attached hydrogens (tertiary/aromatic N) is 6. The molecule has 15 nitrogen and oxygen atoms in total. The number of piperidine rings is 1. The Bertz CT molecular complexity index is 1940. The van der Waals surface area contributed by atoms with E-state index < -0.39 is 71.9 Å². The Morgan fingerprint density at radius 1 is 1.02 bits per heavy atom. The van der Waals surface area contributed by atoms with E-state index in [2.05, 4.69) is 26.0 Å². The first kappa shape index (κ1) is 34.5. The van der Waals surface area contributed by atoms with Crippen LogP contribution in [0.25, 0.3) is 11.3 Å². The van der Waals surface area contributed by atoms with Gasteiger partial charge in [0, 0.05) is 62.9 Å². The van der Waals surface area contributed by atoms with Crippen LogP contribution in [0.4, 0.5) is 37.2 Å². The minimum atomic E-state index is -4.97. The van der Waals surface area contributed by atoms with Gasteiger partial charge in [0.2, 0.25) is 0 Å². The number of β-amino-alcohol motifs (C(OH)–C–C–N with tert-alkyl or cyclic N) is 1. The van der Waals surface area contributed by atoms with Crippen LogP contribution in [0.1, 0.15) is 39.1 Å². The first-order valence-corrected chi connectivity index (χ1v) is 16.0. The molecular weight excluding hydrogens is 713 g/mol. The number of aromatic nitrogens is 4. The zero-order chi connectivity index (χ0) is 36.7. The highest BCUT2D eigenvalue weighted by atomic mass is 35.5. The normalized spacial score (nSPS) is 26.1. The van der Waals surface area contributed by atoms with Gasteiger partial charge in [-0.25, -0.2) is 23.4 Å². The van der Waals surface area contributed by atoms with Crippen LogP contribution in [-0.2, 0) is 13.2 Å². The molecule has 0 radical (unpaired) electrons. The first-order valence-electron chi connectivity index (χ1n) is 15.6. The van der Waals surface area contributed by atoms with Gasteiger partial charge in [0.25, 0.3) is 17.7 Å². The number of carbonyl (C=O) groups excluding carboxylic acids is 3. The quantitative estimate of drug-likeness (QED) is 0.229. The van der Waals surface area contributed by atoms with E-state index in [-0.39, 0.29) is 58.8 Å². The summed E-state index contributed by atoms with van der Waals surface area (Å²) in [6, 6.07) is 1.19. The molecule has 2 aliphatic heterocycles. The number of nitrogens with one attached hydrogen (secondary N) is 3. The predicted octanol–water partition coefficient (Wildman–Crippen LogP) is 2.88. The summed E-state index contributed by atoms with van der Waals surface area (Å²) >= 11 is 6.37. The van der Waals surface area contributed by atoms with Crippen molar-refractivity contribution in [3.63, 3.8) is 0 Å². The number of fused-ring (bicyclic) bond motifs is 1. The zero-order valence-corrected chi connectivity index (χ0v) is 27.1. The summed E-state index contributed by atoms with van der Waals surface area (Å²) in [6.45, 7) is 0.564. The van der Waals surface area contributed by atoms with Gasteiger partial charge in [0.1, 0.15) is 6.04 Å². The number of alkyl halides is 5. The molecule has 3 aromatic rings. The molecule has 2 saturated carbocycles. The van der Waals surface area contributed by atoms with Crippen LogP contribution in [0.2, 0.25) is 5.02 Å². The van der Waals surface area contributed by atoms with Crippen LogP contribution in [-0.4, -0.2) is 114 Å². The van der Waals surface area contributed by atoms with Gasteiger partial charge in [-0.15, -0.1) is 0 Å². The maximum Gasteiger partial charge on any atom is 0.435 e. The van der Waals surface area contributed by atoms with Crippen molar-refractivity contribution in [2.75, 3.05) is 31.5 Å². The number of aliphatic hydroxyl groups excluding tert-OH is 1. The lowest BCUT2D eigenvalue weighted by molar-refractivity contribution is -0.141. The molecule has 2 saturated heterocycles. The number of imidazole rings is 1. The Labute approximate surface area is 289 Å². The molecule has 6 atom stereocenters. The molecule has 2 aliphatic carbocycles. The number of urea groups is 1. The SMILES string of the molecule is Cn1c(-c2cn([C@@H]3CC3(F)F)nc2C(F)(F)F)cnc1C(=O)Nc1ccc(C(=O)N[C@H]2[C@@H]3CN(C(=O)N[C@@H]4CN(C(=O)O)C[C@H]4O)C[C@@H]32)c(Cl)c1. The summed E-state index contributed by atoms with van der Waals surface area (Å²) in [4.78, 5) is 56.4. The number of anilines is 1. The van der Waals surface area contributed by atoms with Crippen LogP contribution in [0, 0.1) is 11.8 Å². The molecule has 4 aliphatic rings. The second-order valence-electron chi connectivity index (χ2n) is 13.1. The number of hydrogen-bond acceptors (Lipinski definition) is 7. The molecule has 0 bridgehead atoms. The lowest BCUT2D eigenvalue weighted by Crippen LogP contribution is -2.50. The van der Waals surface area contributed by atoms with E-state index in [0.29, 0.717) is 17.8 Å². The maximum absolute atomic E-state index is 13.8. The fraction of sp³-hybridized carbons (Fsp3) is 0.467. The second-order valence-corrected chi connectivity index (χ2v) is 13.5. The van der Waals surface area contributed by atoms with E-state index in [9.17, 15) is 46.2 Å². The van der Waals surface area contributed by atoms with Crippen LogP contribution in [0.15, 0.2) is 30.6 Å². The molecular formula is C30H29ClF5N9O6. The summed E-state index contributed by atoms with van der Waals surface area (Å²) in [5, 5.41) is 30.6. The van der Waals surface area contributed by atoms with E-state index in [1.165, 1.54) is 25.2 Å². The van der Waals surface area contributed by atoms with Crippen LogP contribution in [0.5, 0.6) is 0 Å². The summed E-state index contributed by atoms with van der Waals surface area (Å²) in [7, 11) is 1.29. The topological polar surface area (TPSA) is 187 Å². The number of hydrogen-bond donors (Lipinski definition) is 5. The van der Waals surface area contributed by atoms with Gasteiger partial charge in [-0.1, -0.05) is 11.6 Å². The Hall–Kier alpha value is -4.98. The van der Waals surface area contributed by atoms with Crippen LogP contribution in [0.3, 0.4) is 0 Å². The lowest BCUT2D eigenvalue weighted by atomic mass is 10.2. The number of carboxylic acid groups (broad SMARTS) is 1. The molecule has 4 heterocycles. The molecule has 5 amide bonds. The van der Waals surface area contributed by atoms with E-state index in [1.807, 2.05) is 0 Å². The first-order chi connectivity index (χ1) is 23.9. The van der Waals surface area contributed by atoms with E-state index in [4.69, 9.17) is 16.7 Å². The van der Waals surface area contributed by atoms with Gasteiger partial charge >= 0.3 is 18.3 Å². The minimum absolute atomic E-state index is 0.0118. The van der Waals surface area contributed by atoms with Crippen molar-refractivity contribution in [2.24, 2.45) is 18.9 Å². The molecule has 7 rings (SSSR count). The zero-order valence-electron chi connectivity index (χ0n) is 26.4. The van der Waals surface area contributed by atoms with Crippen molar-refractivity contribution >= 4 is 41.2 Å². The van der Waals surface area contributed by atoms with E-state index in [1.54, 1.807) is 4.90 Å². The van der Waals surface area contributed by atoms with Gasteiger partial charge in [-0.3, -0.25) is 14.3 Å². The van der Waals surface area contributed by atoms with Crippen molar-refractivity contribution in [3.8, 4) is 11.3 Å². The third-order valence-electron chi connectivity index (χ3n) is 9.70. The molecule has 21 heteroatoms. The van der Waals surface area contributed by atoms with Crippen LogP contribution < -0.4 is 16.0 Å². The molecule has 51 heavy (non-hydrogen) atoms. The Kier molecular flexibility index (Phi) is 8.16. The van der Waals surface area contributed by atoms with Crippen molar-refractivity contribution in [1.29, 1.82) is 0 Å². The smallest absolute Gasteiger partial charge is 0.435 e.